The van der Waals surface area contributed by atoms with E-state index in [4.69, 9.17) is 9.47 Å². The summed E-state index contributed by atoms with van der Waals surface area (Å²) in [5.74, 6) is 0. The summed E-state index contributed by atoms with van der Waals surface area (Å²) < 4.78 is 11.5. The van der Waals surface area contributed by atoms with Crippen LogP contribution >= 0.6 is 0 Å². The molecule has 0 spiro atoms. The summed E-state index contributed by atoms with van der Waals surface area (Å²) in [7, 11) is 1.14. The summed E-state index contributed by atoms with van der Waals surface area (Å²) in [6.45, 7) is 5.34. The Hall–Kier alpha value is 0.137. The first-order valence-corrected chi connectivity index (χ1v) is 6.70. The van der Waals surface area contributed by atoms with Gasteiger partial charge in [-0.2, -0.15) is 0 Å². The molecule has 1 fully saturated rings. The van der Waals surface area contributed by atoms with E-state index in [0.717, 1.165) is 29.7 Å². The summed E-state index contributed by atoms with van der Waals surface area (Å²) in [5, 5.41) is 0. The fourth-order valence-electron chi connectivity index (χ4n) is 1.57. The Bertz CT molecular complexity index is 137. The maximum atomic E-state index is 5.98. The third-order valence-corrected chi connectivity index (χ3v) is 3.79. The third-order valence-electron chi connectivity index (χ3n) is 2.70. The predicted octanol–water partition coefficient (Wildman–Crippen LogP) is 1.06. The van der Waals surface area contributed by atoms with Crippen molar-refractivity contribution in [2.24, 2.45) is 0 Å². The SMILES string of the molecule is CCCC(OC([SiH3])CC)C1CCO1. The molecule has 0 aliphatic carbocycles. The average Bonchev–Trinajstić information content (AvgIpc) is 2.01. The largest absolute Gasteiger partial charge is 0.377 e. The zero-order valence-electron chi connectivity index (χ0n) is 9.08. The van der Waals surface area contributed by atoms with Gasteiger partial charge in [0.05, 0.1) is 12.2 Å². The van der Waals surface area contributed by atoms with E-state index in [1.165, 1.54) is 12.8 Å². The Labute approximate surface area is 84.4 Å². The summed E-state index contributed by atoms with van der Waals surface area (Å²) >= 11 is 0. The number of rotatable bonds is 6. The molecule has 0 amide bonds. The maximum Gasteiger partial charge on any atom is 0.0858 e. The molecule has 1 saturated heterocycles. The monoisotopic (exact) mass is 202 g/mol. The Morgan fingerprint density at radius 1 is 1.54 bits per heavy atom. The molecule has 1 aliphatic rings. The van der Waals surface area contributed by atoms with Gasteiger partial charge in [-0.05, 0) is 19.3 Å². The van der Waals surface area contributed by atoms with E-state index in [1.54, 1.807) is 0 Å². The molecule has 0 aromatic carbocycles. The van der Waals surface area contributed by atoms with E-state index < -0.39 is 0 Å². The number of hydrogen-bond donors (Lipinski definition) is 0. The van der Waals surface area contributed by atoms with Crippen molar-refractivity contribution in [3.05, 3.63) is 0 Å². The highest BCUT2D eigenvalue weighted by molar-refractivity contribution is 6.10. The molecule has 2 nitrogen and oxygen atoms in total. The first-order chi connectivity index (χ1) is 6.27. The normalized spacial score (nSPS) is 26.8. The Kier molecular flexibility index (Phi) is 4.99. The first kappa shape index (κ1) is 11.2. The molecule has 3 heteroatoms. The first-order valence-electron chi connectivity index (χ1n) is 5.55. The second-order valence-corrected chi connectivity index (χ2v) is 5.17. The Morgan fingerprint density at radius 2 is 2.23 bits per heavy atom. The van der Waals surface area contributed by atoms with Crippen LogP contribution in [0.5, 0.6) is 0 Å². The summed E-state index contributed by atoms with van der Waals surface area (Å²) in [6.07, 6.45) is 5.48. The van der Waals surface area contributed by atoms with Crippen molar-refractivity contribution in [2.45, 2.75) is 57.5 Å². The van der Waals surface area contributed by atoms with Gasteiger partial charge in [0.15, 0.2) is 0 Å². The van der Waals surface area contributed by atoms with Crippen molar-refractivity contribution < 1.29 is 9.47 Å². The zero-order valence-corrected chi connectivity index (χ0v) is 11.1. The van der Waals surface area contributed by atoms with E-state index in [2.05, 4.69) is 13.8 Å². The summed E-state index contributed by atoms with van der Waals surface area (Å²) in [5.41, 5.74) is 0.515. The molecule has 0 N–H and O–H groups in total. The third kappa shape index (κ3) is 3.41. The molecule has 0 saturated carbocycles. The van der Waals surface area contributed by atoms with Gasteiger partial charge in [-0.1, -0.05) is 20.3 Å². The van der Waals surface area contributed by atoms with Crippen LogP contribution in [0.3, 0.4) is 0 Å². The second-order valence-electron chi connectivity index (χ2n) is 3.88. The van der Waals surface area contributed by atoms with Gasteiger partial charge in [0.25, 0.3) is 0 Å². The van der Waals surface area contributed by atoms with Gasteiger partial charge in [-0.15, -0.1) is 0 Å². The Morgan fingerprint density at radius 3 is 2.62 bits per heavy atom. The minimum Gasteiger partial charge on any atom is -0.377 e. The zero-order chi connectivity index (χ0) is 9.68. The molecule has 1 aliphatic heterocycles. The van der Waals surface area contributed by atoms with E-state index >= 15 is 0 Å². The highest BCUT2D eigenvalue weighted by Crippen LogP contribution is 2.22. The highest BCUT2D eigenvalue weighted by atomic mass is 28.1. The van der Waals surface area contributed by atoms with Crippen molar-refractivity contribution in [1.29, 1.82) is 0 Å². The van der Waals surface area contributed by atoms with Gasteiger partial charge in [0.1, 0.15) is 0 Å². The summed E-state index contributed by atoms with van der Waals surface area (Å²) in [6, 6.07) is 0. The van der Waals surface area contributed by atoms with Crippen LogP contribution in [0.15, 0.2) is 0 Å². The molecular formula is C10H22O2Si. The molecule has 13 heavy (non-hydrogen) atoms. The lowest BCUT2D eigenvalue weighted by Crippen LogP contribution is -2.41. The van der Waals surface area contributed by atoms with Crippen LogP contribution < -0.4 is 0 Å². The van der Waals surface area contributed by atoms with Crippen LogP contribution in [0, 0.1) is 0 Å². The standard InChI is InChI=1S/C10H22O2Si/c1-3-5-9(8-6-7-11-8)12-10(13)4-2/h8-10H,3-7H2,1-2,13H3. The van der Waals surface area contributed by atoms with E-state index in [1.807, 2.05) is 0 Å². The minimum atomic E-state index is 0.376. The van der Waals surface area contributed by atoms with E-state index in [0.29, 0.717) is 17.9 Å². The van der Waals surface area contributed by atoms with Gasteiger partial charge in [-0.25, -0.2) is 0 Å². The lowest BCUT2D eigenvalue weighted by Gasteiger charge is -2.35. The minimum absolute atomic E-state index is 0.376. The number of ether oxygens (including phenoxy) is 2. The fraction of sp³-hybridized carbons (Fsp3) is 1.00. The van der Waals surface area contributed by atoms with Crippen LogP contribution in [0.4, 0.5) is 0 Å². The Balaban J connectivity index is 2.28. The fourth-order valence-corrected chi connectivity index (χ4v) is 1.92. The molecular weight excluding hydrogens is 180 g/mol. The molecule has 0 radical (unpaired) electrons. The molecule has 0 aromatic heterocycles. The smallest absolute Gasteiger partial charge is 0.0858 e. The van der Waals surface area contributed by atoms with E-state index in [-0.39, 0.29) is 0 Å². The highest BCUT2D eigenvalue weighted by Gasteiger charge is 2.29. The second kappa shape index (κ2) is 5.78. The van der Waals surface area contributed by atoms with Crippen LogP contribution in [-0.4, -0.2) is 34.8 Å². The van der Waals surface area contributed by atoms with Gasteiger partial charge in [0.2, 0.25) is 0 Å². The summed E-state index contributed by atoms with van der Waals surface area (Å²) in [4.78, 5) is 0. The van der Waals surface area contributed by atoms with Crippen LogP contribution in [0.25, 0.3) is 0 Å². The van der Waals surface area contributed by atoms with Crippen molar-refractivity contribution in [3.8, 4) is 0 Å². The van der Waals surface area contributed by atoms with Gasteiger partial charge in [-0.3, -0.25) is 0 Å². The lowest BCUT2D eigenvalue weighted by molar-refractivity contribution is -0.146. The van der Waals surface area contributed by atoms with Crippen molar-refractivity contribution in [1.82, 2.24) is 0 Å². The molecule has 0 aromatic rings. The van der Waals surface area contributed by atoms with Crippen LogP contribution in [0.1, 0.15) is 39.5 Å². The van der Waals surface area contributed by atoms with Crippen molar-refractivity contribution in [2.75, 3.05) is 6.61 Å². The molecule has 3 atom stereocenters. The predicted molar refractivity (Wildman–Crippen MR) is 58.2 cm³/mol. The lowest BCUT2D eigenvalue weighted by atomic mass is 10.0. The van der Waals surface area contributed by atoms with Crippen LogP contribution in [-0.2, 0) is 9.47 Å². The molecule has 0 bridgehead atoms. The maximum absolute atomic E-state index is 5.98. The average molecular weight is 202 g/mol. The van der Waals surface area contributed by atoms with Gasteiger partial charge < -0.3 is 9.47 Å². The van der Waals surface area contributed by atoms with Crippen LogP contribution in [0.2, 0.25) is 0 Å². The quantitative estimate of drug-likeness (QED) is 0.600. The molecule has 1 rings (SSSR count). The van der Waals surface area contributed by atoms with Gasteiger partial charge >= 0.3 is 0 Å². The molecule has 1 heterocycles. The topological polar surface area (TPSA) is 18.5 Å². The van der Waals surface area contributed by atoms with Gasteiger partial charge in [0, 0.05) is 22.6 Å². The molecule has 3 unspecified atom stereocenters. The molecule has 78 valence electrons. The number of hydrogen-bond acceptors (Lipinski definition) is 2. The van der Waals surface area contributed by atoms with Crippen molar-refractivity contribution >= 4 is 10.2 Å². The van der Waals surface area contributed by atoms with E-state index in [9.17, 15) is 0 Å². The van der Waals surface area contributed by atoms with Crippen molar-refractivity contribution in [3.63, 3.8) is 0 Å².